The van der Waals surface area contributed by atoms with Gasteiger partial charge in [0.1, 0.15) is 17.1 Å². The van der Waals surface area contributed by atoms with Gasteiger partial charge in [0.15, 0.2) is 0 Å². The van der Waals surface area contributed by atoms with E-state index in [1.807, 2.05) is 30.3 Å². The number of rotatable bonds is 5. The molecule has 0 heterocycles. The molecule has 0 amide bonds. The number of carbonyl (C=O) groups excluding carboxylic acids is 1. The third kappa shape index (κ3) is 5.75. The standard InChI is InChI=1S/C19H22O4/c1-19(2,3)23-18(21)13-17(20)14-9-11-16(12-10-14)22-15-7-5-4-6-8-15/h4-12,17,20H,13H2,1-3H3/t17-/m0/s1. The third-order valence-corrected chi connectivity index (χ3v) is 3.02. The summed E-state index contributed by atoms with van der Waals surface area (Å²) >= 11 is 0. The molecule has 23 heavy (non-hydrogen) atoms. The van der Waals surface area contributed by atoms with Crippen molar-refractivity contribution in [3.05, 3.63) is 60.2 Å². The molecule has 0 saturated carbocycles. The lowest BCUT2D eigenvalue weighted by Crippen LogP contribution is -2.24. The van der Waals surface area contributed by atoms with Crippen molar-refractivity contribution in [2.75, 3.05) is 0 Å². The van der Waals surface area contributed by atoms with Crippen LogP contribution in [0.4, 0.5) is 0 Å². The minimum atomic E-state index is -0.893. The number of esters is 1. The summed E-state index contributed by atoms with van der Waals surface area (Å²) in [5, 5.41) is 10.1. The van der Waals surface area contributed by atoms with Crippen LogP contribution in [0, 0.1) is 0 Å². The van der Waals surface area contributed by atoms with Gasteiger partial charge in [-0.05, 0) is 50.6 Å². The molecule has 1 atom stereocenters. The number of carbonyl (C=O) groups is 1. The van der Waals surface area contributed by atoms with Gasteiger partial charge in [0.25, 0.3) is 0 Å². The Morgan fingerprint density at radius 3 is 2.13 bits per heavy atom. The zero-order valence-electron chi connectivity index (χ0n) is 13.7. The molecule has 0 bridgehead atoms. The number of aliphatic hydroxyl groups is 1. The van der Waals surface area contributed by atoms with Gasteiger partial charge in [-0.3, -0.25) is 4.79 Å². The van der Waals surface area contributed by atoms with E-state index in [-0.39, 0.29) is 6.42 Å². The lowest BCUT2D eigenvalue weighted by Gasteiger charge is -2.20. The first-order valence-corrected chi connectivity index (χ1v) is 7.56. The van der Waals surface area contributed by atoms with Crippen LogP contribution in [0.15, 0.2) is 54.6 Å². The van der Waals surface area contributed by atoms with E-state index >= 15 is 0 Å². The minimum Gasteiger partial charge on any atom is -0.460 e. The fourth-order valence-corrected chi connectivity index (χ4v) is 2.04. The summed E-state index contributed by atoms with van der Waals surface area (Å²) in [6, 6.07) is 16.5. The molecule has 0 aliphatic carbocycles. The topological polar surface area (TPSA) is 55.8 Å². The fourth-order valence-electron chi connectivity index (χ4n) is 2.04. The monoisotopic (exact) mass is 314 g/mol. The molecule has 0 spiro atoms. The summed E-state index contributed by atoms with van der Waals surface area (Å²) in [7, 11) is 0. The molecule has 0 radical (unpaired) electrons. The van der Waals surface area contributed by atoms with Gasteiger partial charge in [0.05, 0.1) is 12.5 Å². The van der Waals surface area contributed by atoms with Gasteiger partial charge in [-0.15, -0.1) is 0 Å². The molecule has 2 aromatic rings. The molecule has 0 saturated heterocycles. The Kier molecular flexibility index (Phi) is 5.40. The van der Waals surface area contributed by atoms with Crippen molar-refractivity contribution in [3.63, 3.8) is 0 Å². The molecule has 4 nitrogen and oxygen atoms in total. The quantitative estimate of drug-likeness (QED) is 0.839. The second-order valence-corrected chi connectivity index (χ2v) is 6.29. The van der Waals surface area contributed by atoms with Crippen molar-refractivity contribution < 1.29 is 19.4 Å². The molecule has 122 valence electrons. The highest BCUT2D eigenvalue weighted by Gasteiger charge is 2.20. The van der Waals surface area contributed by atoms with Crippen LogP contribution >= 0.6 is 0 Å². The first kappa shape index (κ1) is 17.0. The van der Waals surface area contributed by atoms with Crippen LogP contribution in [0.3, 0.4) is 0 Å². The van der Waals surface area contributed by atoms with Crippen molar-refractivity contribution in [2.45, 2.75) is 38.9 Å². The van der Waals surface area contributed by atoms with Crippen LogP contribution in [0.2, 0.25) is 0 Å². The Morgan fingerprint density at radius 1 is 1.00 bits per heavy atom. The van der Waals surface area contributed by atoms with Gasteiger partial charge in [0.2, 0.25) is 0 Å². The van der Waals surface area contributed by atoms with E-state index in [1.54, 1.807) is 45.0 Å². The van der Waals surface area contributed by atoms with Gasteiger partial charge in [-0.25, -0.2) is 0 Å². The van der Waals surface area contributed by atoms with Crippen LogP contribution in [0.25, 0.3) is 0 Å². The molecule has 1 N–H and O–H groups in total. The Labute approximate surface area is 136 Å². The third-order valence-electron chi connectivity index (χ3n) is 3.02. The van der Waals surface area contributed by atoms with Crippen LogP contribution in [-0.2, 0) is 9.53 Å². The molecule has 0 aliphatic heterocycles. The van der Waals surface area contributed by atoms with E-state index in [9.17, 15) is 9.90 Å². The minimum absolute atomic E-state index is 0.0733. The first-order valence-electron chi connectivity index (χ1n) is 7.56. The Balaban J connectivity index is 1.95. The van der Waals surface area contributed by atoms with Gasteiger partial charge < -0.3 is 14.6 Å². The highest BCUT2D eigenvalue weighted by Crippen LogP contribution is 2.25. The number of hydrogen-bond donors (Lipinski definition) is 1. The summed E-state index contributed by atoms with van der Waals surface area (Å²) in [6.07, 6.45) is -0.966. The number of hydrogen-bond acceptors (Lipinski definition) is 4. The van der Waals surface area contributed by atoms with E-state index < -0.39 is 17.7 Å². The lowest BCUT2D eigenvalue weighted by molar-refractivity contribution is -0.157. The average molecular weight is 314 g/mol. The lowest BCUT2D eigenvalue weighted by atomic mass is 10.1. The van der Waals surface area contributed by atoms with Gasteiger partial charge in [-0.1, -0.05) is 30.3 Å². The summed E-state index contributed by atoms with van der Waals surface area (Å²) in [4.78, 5) is 11.7. The smallest absolute Gasteiger partial charge is 0.309 e. The molecule has 0 unspecified atom stereocenters. The first-order chi connectivity index (χ1) is 10.8. The Hall–Kier alpha value is -2.33. The van der Waals surface area contributed by atoms with Crippen LogP contribution < -0.4 is 4.74 Å². The van der Waals surface area contributed by atoms with Crippen molar-refractivity contribution in [3.8, 4) is 11.5 Å². The second-order valence-electron chi connectivity index (χ2n) is 6.29. The second kappa shape index (κ2) is 7.29. The molecule has 4 heteroatoms. The predicted octanol–water partition coefficient (Wildman–Crippen LogP) is 4.24. The van der Waals surface area contributed by atoms with Gasteiger partial charge in [0, 0.05) is 0 Å². The molecule has 0 aromatic heterocycles. The van der Waals surface area contributed by atoms with E-state index in [4.69, 9.17) is 9.47 Å². The van der Waals surface area contributed by atoms with Crippen LogP contribution in [0.1, 0.15) is 38.9 Å². The number of benzene rings is 2. The molecular weight excluding hydrogens is 292 g/mol. The van der Waals surface area contributed by atoms with Gasteiger partial charge in [-0.2, -0.15) is 0 Å². The molecule has 0 fully saturated rings. The summed E-state index contributed by atoms with van der Waals surface area (Å²) < 4.78 is 10.9. The number of aliphatic hydroxyl groups excluding tert-OH is 1. The molecule has 2 rings (SSSR count). The number of ether oxygens (including phenoxy) is 2. The maximum atomic E-state index is 11.7. The van der Waals surface area contributed by atoms with E-state index in [0.29, 0.717) is 11.3 Å². The molecule has 2 aromatic carbocycles. The fraction of sp³-hybridized carbons (Fsp3) is 0.316. The predicted molar refractivity (Wildman–Crippen MR) is 88.4 cm³/mol. The zero-order valence-corrected chi connectivity index (χ0v) is 13.7. The zero-order chi connectivity index (χ0) is 16.9. The highest BCUT2D eigenvalue weighted by molar-refractivity contribution is 5.70. The largest absolute Gasteiger partial charge is 0.460 e. The summed E-state index contributed by atoms with van der Waals surface area (Å²) in [5.74, 6) is 0.994. The van der Waals surface area contributed by atoms with Crippen molar-refractivity contribution in [1.29, 1.82) is 0 Å². The van der Waals surface area contributed by atoms with Crippen molar-refractivity contribution >= 4 is 5.97 Å². The normalized spacial score (nSPS) is 12.5. The van der Waals surface area contributed by atoms with Crippen molar-refractivity contribution in [2.24, 2.45) is 0 Å². The Bertz CT molecular complexity index is 627. The van der Waals surface area contributed by atoms with Crippen molar-refractivity contribution in [1.82, 2.24) is 0 Å². The van der Waals surface area contributed by atoms with Gasteiger partial charge >= 0.3 is 5.97 Å². The van der Waals surface area contributed by atoms with E-state index in [2.05, 4.69) is 0 Å². The maximum absolute atomic E-state index is 11.7. The van der Waals surface area contributed by atoms with Crippen LogP contribution in [-0.4, -0.2) is 16.7 Å². The Morgan fingerprint density at radius 2 is 1.57 bits per heavy atom. The number of para-hydroxylation sites is 1. The molecular formula is C19H22O4. The van der Waals surface area contributed by atoms with E-state index in [1.165, 1.54) is 0 Å². The summed E-state index contributed by atoms with van der Waals surface area (Å²) in [5.41, 5.74) is 0.0979. The SMILES string of the molecule is CC(C)(C)OC(=O)C[C@H](O)c1ccc(Oc2ccccc2)cc1. The highest BCUT2D eigenvalue weighted by atomic mass is 16.6. The van der Waals surface area contributed by atoms with E-state index in [0.717, 1.165) is 5.75 Å². The summed E-state index contributed by atoms with van der Waals surface area (Å²) in [6.45, 7) is 5.40. The maximum Gasteiger partial charge on any atom is 0.309 e. The van der Waals surface area contributed by atoms with Crippen LogP contribution in [0.5, 0.6) is 11.5 Å². The average Bonchev–Trinajstić information content (AvgIpc) is 2.47. The molecule has 0 aliphatic rings.